The highest BCUT2D eigenvalue weighted by atomic mass is 127. The molecule has 0 aliphatic carbocycles. The van der Waals surface area contributed by atoms with Crippen LogP contribution >= 0.6 is 22.9 Å². The van der Waals surface area contributed by atoms with E-state index in [9.17, 15) is 4.79 Å². The summed E-state index contributed by atoms with van der Waals surface area (Å²) in [7, 11) is 0. The number of amides is 1. The zero-order valence-electron chi connectivity index (χ0n) is 12.4. The maximum absolute atomic E-state index is 12.2. The van der Waals surface area contributed by atoms with Crippen LogP contribution in [0.25, 0.3) is 22.5 Å². The molecule has 23 heavy (non-hydrogen) atoms. The van der Waals surface area contributed by atoms with Gasteiger partial charge in [0.15, 0.2) is 0 Å². The van der Waals surface area contributed by atoms with E-state index in [1.165, 1.54) is 0 Å². The van der Waals surface area contributed by atoms with Crippen molar-refractivity contribution in [3.63, 3.8) is 0 Å². The first-order valence-corrected chi connectivity index (χ1v) is 8.21. The quantitative estimate of drug-likeness (QED) is 0.526. The molecule has 1 aromatic heterocycles. The maximum Gasteiger partial charge on any atom is 0.224 e. The Labute approximate surface area is 147 Å². The second-order valence-corrected chi connectivity index (χ2v) is 6.34. The normalized spacial score (nSPS) is 12.7. The van der Waals surface area contributed by atoms with Gasteiger partial charge in [0, 0.05) is 18.1 Å². The van der Waals surface area contributed by atoms with Gasteiger partial charge in [-0.15, -0.1) is 5.10 Å². The molecule has 1 aliphatic rings. The summed E-state index contributed by atoms with van der Waals surface area (Å²) in [6.45, 7) is 2.13. The second-order valence-electron chi connectivity index (χ2n) is 5.43. The number of anilines is 1. The van der Waals surface area contributed by atoms with Crippen molar-refractivity contribution in [3.05, 3.63) is 54.1 Å². The van der Waals surface area contributed by atoms with E-state index in [4.69, 9.17) is 0 Å². The summed E-state index contributed by atoms with van der Waals surface area (Å²) >= 11 is 2.15. The van der Waals surface area contributed by atoms with Gasteiger partial charge in [0.2, 0.25) is 5.91 Å². The molecule has 0 saturated carbocycles. The van der Waals surface area contributed by atoms with Crippen LogP contribution in [0, 0.1) is 0 Å². The highest BCUT2D eigenvalue weighted by Gasteiger charge is 2.27. The minimum atomic E-state index is 0.0116. The smallest absolute Gasteiger partial charge is 0.224 e. The van der Waals surface area contributed by atoms with Crippen LogP contribution in [0.5, 0.6) is 0 Å². The van der Waals surface area contributed by atoms with E-state index in [0.29, 0.717) is 6.54 Å². The van der Waals surface area contributed by atoms with Gasteiger partial charge in [0.05, 0.1) is 35.1 Å². The van der Waals surface area contributed by atoms with E-state index in [1.54, 1.807) is 14.7 Å². The van der Waals surface area contributed by atoms with E-state index in [0.717, 1.165) is 33.8 Å². The summed E-state index contributed by atoms with van der Waals surface area (Å²) in [6.07, 6.45) is 0. The molecule has 0 atom stereocenters. The van der Waals surface area contributed by atoms with Crippen molar-refractivity contribution in [3.8, 4) is 22.5 Å². The van der Waals surface area contributed by atoms with Crippen LogP contribution in [-0.2, 0) is 11.3 Å². The van der Waals surface area contributed by atoms with E-state index in [1.807, 2.05) is 42.5 Å². The monoisotopic (exact) mass is 416 g/mol. The number of halogens is 1. The molecule has 0 saturated heterocycles. The predicted octanol–water partition coefficient (Wildman–Crippen LogP) is 3.68. The lowest BCUT2D eigenvalue weighted by Gasteiger charge is -2.27. The third-order valence-electron chi connectivity index (χ3n) is 4.06. The number of para-hydroxylation sites is 1. The Bertz CT molecular complexity index is 918. The fourth-order valence-corrected chi connectivity index (χ4v) is 3.59. The number of aromatic nitrogens is 3. The molecule has 2 heterocycles. The molecule has 4 rings (SSSR count). The molecular weight excluding hydrogens is 403 g/mol. The van der Waals surface area contributed by atoms with Crippen molar-refractivity contribution < 1.29 is 4.79 Å². The summed E-state index contributed by atoms with van der Waals surface area (Å²) in [4.78, 5) is 14.0. The first kappa shape index (κ1) is 14.4. The summed E-state index contributed by atoms with van der Waals surface area (Å²) in [6, 6.07) is 15.9. The van der Waals surface area contributed by atoms with Crippen LogP contribution in [0.4, 0.5) is 5.69 Å². The summed E-state index contributed by atoms with van der Waals surface area (Å²) in [5, 5.41) is 8.56. The fourth-order valence-electron chi connectivity index (χ4n) is 3.01. The summed E-state index contributed by atoms with van der Waals surface area (Å²) in [5.41, 5.74) is 5.70. The van der Waals surface area contributed by atoms with Gasteiger partial charge < -0.3 is 4.90 Å². The number of hydrogen-bond acceptors (Lipinski definition) is 3. The lowest BCUT2D eigenvalue weighted by atomic mass is 9.96. The van der Waals surface area contributed by atoms with Crippen LogP contribution in [0.2, 0.25) is 0 Å². The Morgan fingerprint density at radius 1 is 1.09 bits per heavy atom. The van der Waals surface area contributed by atoms with E-state index in [-0.39, 0.29) is 5.91 Å². The molecule has 1 aliphatic heterocycles. The lowest BCUT2D eigenvalue weighted by molar-refractivity contribution is -0.116. The van der Waals surface area contributed by atoms with Gasteiger partial charge in [-0.25, -0.2) is 0 Å². The molecule has 0 fully saturated rings. The van der Waals surface area contributed by atoms with Crippen molar-refractivity contribution >= 4 is 34.5 Å². The fraction of sp³-hybridized carbons (Fsp3) is 0.118. The number of fused-ring (bicyclic) bond motifs is 5. The highest BCUT2D eigenvalue weighted by Crippen LogP contribution is 2.41. The van der Waals surface area contributed by atoms with Gasteiger partial charge >= 0.3 is 0 Å². The summed E-state index contributed by atoms with van der Waals surface area (Å²) in [5.74, 6) is 0.0116. The topological polar surface area (TPSA) is 51.0 Å². The van der Waals surface area contributed by atoms with Crippen LogP contribution in [0.15, 0.2) is 48.5 Å². The second kappa shape index (κ2) is 5.45. The SMILES string of the molecule is CC(=O)N1Cc2ccccc2-c2c(nnn2I)-c2ccccc21. The number of rotatable bonds is 0. The zero-order valence-corrected chi connectivity index (χ0v) is 14.6. The third kappa shape index (κ3) is 2.24. The predicted molar refractivity (Wildman–Crippen MR) is 97.2 cm³/mol. The number of benzene rings is 2. The molecule has 0 bridgehead atoms. The molecule has 0 radical (unpaired) electrons. The first-order chi connectivity index (χ1) is 11.2. The lowest BCUT2D eigenvalue weighted by Crippen LogP contribution is -2.29. The molecule has 5 nitrogen and oxygen atoms in total. The maximum atomic E-state index is 12.2. The average molecular weight is 416 g/mol. The van der Waals surface area contributed by atoms with Gasteiger partial charge in [-0.2, -0.15) is 2.90 Å². The molecule has 114 valence electrons. The van der Waals surface area contributed by atoms with Crippen molar-refractivity contribution in [1.29, 1.82) is 0 Å². The number of nitrogens with zero attached hydrogens (tertiary/aromatic N) is 4. The first-order valence-electron chi connectivity index (χ1n) is 7.24. The highest BCUT2D eigenvalue weighted by molar-refractivity contribution is 14.1. The Hall–Kier alpha value is -2.22. The largest absolute Gasteiger partial charge is 0.308 e. The molecule has 3 aromatic rings. The number of carbonyl (C=O) groups is 1. The Morgan fingerprint density at radius 2 is 1.78 bits per heavy atom. The standard InChI is InChI=1S/C17H13IN4O/c1-11(23)21-10-12-6-2-3-7-13(12)17-16(19-20-22(17)18)14-8-4-5-9-15(14)21/h2-9H,10H2,1H3. The Balaban J connectivity index is 2.10. The van der Waals surface area contributed by atoms with Crippen molar-refractivity contribution in [2.75, 3.05) is 4.90 Å². The molecule has 0 N–H and O–H groups in total. The average Bonchev–Trinajstić information content (AvgIpc) is 2.92. The molecule has 1 amide bonds. The number of hydrogen-bond donors (Lipinski definition) is 0. The molecule has 2 aromatic carbocycles. The van der Waals surface area contributed by atoms with E-state index < -0.39 is 0 Å². The van der Waals surface area contributed by atoms with Crippen molar-refractivity contribution in [2.45, 2.75) is 13.5 Å². The van der Waals surface area contributed by atoms with Gasteiger partial charge in [-0.3, -0.25) is 4.79 Å². The minimum absolute atomic E-state index is 0.0116. The molecular formula is C17H13IN4O. The minimum Gasteiger partial charge on any atom is -0.308 e. The zero-order chi connectivity index (χ0) is 16.0. The van der Waals surface area contributed by atoms with Crippen LogP contribution in [0.3, 0.4) is 0 Å². The Morgan fingerprint density at radius 3 is 2.57 bits per heavy atom. The molecule has 0 spiro atoms. The number of carbonyl (C=O) groups excluding carboxylic acids is 1. The molecule has 6 heteroatoms. The van der Waals surface area contributed by atoms with Gasteiger partial charge in [-0.1, -0.05) is 47.7 Å². The van der Waals surface area contributed by atoms with Crippen LogP contribution in [-0.4, -0.2) is 19.1 Å². The van der Waals surface area contributed by atoms with Gasteiger partial charge in [0.25, 0.3) is 0 Å². The van der Waals surface area contributed by atoms with Gasteiger partial charge in [-0.05, 0) is 11.6 Å². The van der Waals surface area contributed by atoms with E-state index >= 15 is 0 Å². The van der Waals surface area contributed by atoms with Crippen molar-refractivity contribution in [1.82, 2.24) is 13.2 Å². The van der Waals surface area contributed by atoms with Gasteiger partial charge in [0.1, 0.15) is 11.4 Å². The Kier molecular flexibility index (Phi) is 3.41. The summed E-state index contributed by atoms with van der Waals surface area (Å²) < 4.78 is 1.77. The van der Waals surface area contributed by atoms with E-state index in [2.05, 4.69) is 39.2 Å². The van der Waals surface area contributed by atoms with Crippen LogP contribution < -0.4 is 4.90 Å². The van der Waals surface area contributed by atoms with Crippen molar-refractivity contribution in [2.24, 2.45) is 0 Å². The molecule has 0 unspecified atom stereocenters. The third-order valence-corrected chi connectivity index (χ3v) is 4.74. The van der Waals surface area contributed by atoms with Crippen LogP contribution in [0.1, 0.15) is 12.5 Å².